The van der Waals surface area contributed by atoms with E-state index in [1.54, 1.807) is 20.0 Å². The molecule has 1 aromatic carbocycles. The molecule has 1 saturated carbocycles. The number of hydrogen-bond acceptors (Lipinski definition) is 8. The molecule has 29 heavy (non-hydrogen) atoms. The molecule has 1 aliphatic heterocycles. The quantitative estimate of drug-likeness (QED) is 0.400. The van der Waals surface area contributed by atoms with Crippen LogP contribution in [0.5, 0.6) is 11.5 Å². The van der Waals surface area contributed by atoms with E-state index in [-0.39, 0.29) is 24.7 Å². The highest BCUT2D eigenvalue weighted by Gasteiger charge is 2.69. The van der Waals surface area contributed by atoms with Gasteiger partial charge in [-0.1, -0.05) is 13.0 Å². The summed E-state index contributed by atoms with van der Waals surface area (Å²) in [6, 6.07) is 3.68. The molecule has 0 aromatic heterocycles. The zero-order valence-corrected chi connectivity index (χ0v) is 16.9. The number of benzene rings is 1. The molecule has 0 saturated heterocycles. The molecule has 5 atom stereocenters. The number of nitrogens with zero attached hydrogens (tertiary/aromatic N) is 1. The Labute approximate surface area is 169 Å². The standard InChI is InChI=1S/C21H27NO7/c1-12-10-14-4-5-16(28-13(2)27-11-23)18-17(14)20(8-9-22(3)26)19(29-18)15(24)6-7-21(12,20)25/h4-5,11-13,19,25-26H,6-10H2,1-3H3/t12-,13?,19+,20+,21-/m1/s1. The number of aliphatic hydroxyl groups is 1. The van der Waals surface area contributed by atoms with E-state index in [4.69, 9.17) is 14.2 Å². The van der Waals surface area contributed by atoms with Crippen LogP contribution in [0.4, 0.5) is 0 Å². The van der Waals surface area contributed by atoms with Crippen LogP contribution >= 0.6 is 0 Å². The van der Waals surface area contributed by atoms with Gasteiger partial charge in [0.15, 0.2) is 23.4 Å². The van der Waals surface area contributed by atoms with Crippen LogP contribution in [-0.4, -0.2) is 59.2 Å². The molecule has 158 valence electrons. The van der Waals surface area contributed by atoms with E-state index in [1.807, 2.05) is 13.0 Å². The van der Waals surface area contributed by atoms with Crippen molar-refractivity contribution in [2.75, 3.05) is 13.6 Å². The molecule has 1 fully saturated rings. The predicted molar refractivity (Wildman–Crippen MR) is 101 cm³/mol. The van der Waals surface area contributed by atoms with Crippen molar-refractivity contribution in [1.82, 2.24) is 5.06 Å². The van der Waals surface area contributed by atoms with E-state index in [2.05, 4.69) is 0 Å². The highest BCUT2D eigenvalue weighted by Crippen LogP contribution is 2.64. The smallest absolute Gasteiger partial charge is 0.296 e. The molecule has 0 amide bonds. The second-order valence-corrected chi connectivity index (χ2v) is 8.44. The van der Waals surface area contributed by atoms with Gasteiger partial charge in [-0.05, 0) is 36.8 Å². The van der Waals surface area contributed by atoms with Crippen molar-refractivity contribution in [3.8, 4) is 11.5 Å². The van der Waals surface area contributed by atoms with Gasteiger partial charge in [0, 0.05) is 32.5 Å². The van der Waals surface area contributed by atoms with Crippen LogP contribution in [0.3, 0.4) is 0 Å². The third-order valence-corrected chi connectivity index (χ3v) is 6.87. The van der Waals surface area contributed by atoms with Crippen LogP contribution in [-0.2, 0) is 26.2 Å². The second kappa shape index (κ2) is 6.97. The summed E-state index contributed by atoms with van der Waals surface area (Å²) in [5.41, 5.74) is -0.306. The van der Waals surface area contributed by atoms with Crippen molar-refractivity contribution in [1.29, 1.82) is 0 Å². The minimum atomic E-state index is -1.14. The zero-order valence-electron chi connectivity index (χ0n) is 16.9. The first-order valence-electron chi connectivity index (χ1n) is 9.98. The Morgan fingerprint density at radius 1 is 1.45 bits per heavy atom. The maximum absolute atomic E-state index is 12.9. The minimum Gasteiger partial charge on any atom is -0.477 e. The lowest BCUT2D eigenvalue weighted by Crippen LogP contribution is -2.68. The average molecular weight is 405 g/mol. The third-order valence-electron chi connectivity index (χ3n) is 6.87. The van der Waals surface area contributed by atoms with Crippen LogP contribution in [0.15, 0.2) is 12.1 Å². The van der Waals surface area contributed by atoms with Gasteiger partial charge in [-0.15, -0.1) is 0 Å². The van der Waals surface area contributed by atoms with Crippen LogP contribution in [0, 0.1) is 5.92 Å². The molecule has 4 rings (SSSR count). The Morgan fingerprint density at radius 3 is 2.90 bits per heavy atom. The molecule has 2 N–H and O–H groups in total. The summed E-state index contributed by atoms with van der Waals surface area (Å²) < 4.78 is 16.8. The van der Waals surface area contributed by atoms with Crippen molar-refractivity contribution in [2.24, 2.45) is 5.92 Å². The molecule has 8 heteroatoms. The number of ketones is 1. The highest BCUT2D eigenvalue weighted by atomic mass is 16.7. The molecular formula is C21H27NO7. The molecule has 0 spiro atoms. The topological polar surface area (TPSA) is 106 Å². The Hall–Kier alpha value is -2.16. The average Bonchev–Trinajstić information content (AvgIpc) is 3.03. The Balaban J connectivity index is 1.90. The third kappa shape index (κ3) is 2.77. The van der Waals surface area contributed by atoms with Gasteiger partial charge in [-0.25, -0.2) is 0 Å². The summed E-state index contributed by atoms with van der Waals surface area (Å²) >= 11 is 0. The number of hydrogen-bond donors (Lipinski definition) is 2. The molecule has 0 radical (unpaired) electrons. The lowest BCUT2D eigenvalue weighted by molar-refractivity contribution is -0.169. The van der Waals surface area contributed by atoms with Crippen LogP contribution in [0.25, 0.3) is 0 Å². The first-order chi connectivity index (χ1) is 13.7. The van der Waals surface area contributed by atoms with Gasteiger partial charge >= 0.3 is 0 Å². The molecule has 1 unspecified atom stereocenters. The van der Waals surface area contributed by atoms with Gasteiger partial charge in [-0.3, -0.25) is 9.59 Å². The number of carbonyl (C=O) groups excluding carboxylic acids is 2. The highest BCUT2D eigenvalue weighted by molar-refractivity contribution is 5.89. The first-order valence-corrected chi connectivity index (χ1v) is 9.98. The van der Waals surface area contributed by atoms with Crippen LogP contribution < -0.4 is 9.47 Å². The first kappa shape index (κ1) is 20.1. The summed E-state index contributed by atoms with van der Waals surface area (Å²) in [4.78, 5) is 23.6. The lowest BCUT2D eigenvalue weighted by atomic mass is 9.49. The molecule has 2 aliphatic carbocycles. The number of hydroxylamine groups is 2. The molecule has 1 heterocycles. The Bertz CT molecular complexity index is 841. The van der Waals surface area contributed by atoms with Gasteiger partial charge in [-0.2, -0.15) is 5.06 Å². The van der Waals surface area contributed by atoms with Crippen LogP contribution in [0.2, 0.25) is 0 Å². The van der Waals surface area contributed by atoms with Crippen molar-refractivity contribution < 1.29 is 34.1 Å². The predicted octanol–water partition coefficient (Wildman–Crippen LogP) is 1.58. The van der Waals surface area contributed by atoms with E-state index in [0.29, 0.717) is 37.2 Å². The summed E-state index contributed by atoms with van der Waals surface area (Å²) in [5.74, 6) is 0.659. The van der Waals surface area contributed by atoms with Crippen molar-refractivity contribution in [3.05, 3.63) is 23.3 Å². The van der Waals surface area contributed by atoms with E-state index < -0.39 is 23.4 Å². The zero-order chi connectivity index (χ0) is 21.0. The molecule has 3 aliphatic rings. The molecule has 8 nitrogen and oxygen atoms in total. The van der Waals surface area contributed by atoms with E-state index in [9.17, 15) is 19.9 Å². The number of rotatable bonds is 7. The fraction of sp³-hybridized carbons (Fsp3) is 0.619. The maximum Gasteiger partial charge on any atom is 0.296 e. The molecule has 0 bridgehead atoms. The van der Waals surface area contributed by atoms with Gasteiger partial charge in [0.2, 0.25) is 6.29 Å². The largest absolute Gasteiger partial charge is 0.477 e. The number of carbonyl (C=O) groups is 2. The molecular weight excluding hydrogens is 378 g/mol. The number of Topliss-reactive ketones (excluding diaryl/α,β-unsaturated/α-hetero) is 1. The Morgan fingerprint density at radius 2 is 2.21 bits per heavy atom. The van der Waals surface area contributed by atoms with E-state index in [0.717, 1.165) is 16.2 Å². The Kier molecular flexibility index (Phi) is 4.83. The molecule has 1 aromatic rings. The van der Waals surface area contributed by atoms with Crippen molar-refractivity contribution in [2.45, 2.75) is 62.9 Å². The normalized spacial score (nSPS) is 33.1. The van der Waals surface area contributed by atoms with Gasteiger partial charge < -0.3 is 24.5 Å². The summed E-state index contributed by atoms with van der Waals surface area (Å²) in [6.45, 7) is 4.17. The van der Waals surface area contributed by atoms with E-state index >= 15 is 0 Å². The summed E-state index contributed by atoms with van der Waals surface area (Å²) in [7, 11) is 1.54. The van der Waals surface area contributed by atoms with Gasteiger partial charge in [0.1, 0.15) is 0 Å². The lowest BCUT2D eigenvalue weighted by Gasteiger charge is -2.56. The van der Waals surface area contributed by atoms with Crippen LogP contribution in [0.1, 0.15) is 44.2 Å². The SMILES string of the molecule is CC(OC=O)Oc1ccc2c3c1O[C@H]1C(=O)CC[C@@](O)([C@H](C)C2)[C@@]31CCN(C)O. The van der Waals surface area contributed by atoms with Gasteiger partial charge in [0.05, 0.1) is 11.0 Å². The van der Waals surface area contributed by atoms with Crippen molar-refractivity contribution in [3.63, 3.8) is 0 Å². The fourth-order valence-corrected chi connectivity index (χ4v) is 5.56. The maximum atomic E-state index is 12.9. The summed E-state index contributed by atoms with van der Waals surface area (Å²) in [6.07, 6.45) is -0.0562. The van der Waals surface area contributed by atoms with Crippen molar-refractivity contribution >= 4 is 12.3 Å². The van der Waals surface area contributed by atoms with E-state index in [1.165, 1.54) is 0 Å². The fourth-order valence-electron chi connectivity index (χ4n) is 5.56. The number of ether oxygens (including phenoxy) is 3. The minimum absolute atomic E-state index is 0.0605. The second-order valence-electron chi connectivity index (χ2n) is 8.44. The summed E-state index contributed by atoms with van der Waals surface area (Å²) in [5, 5.41) is 22.8. The monoisotopic (exact) mass is 405 g/mol. The van der Waals surface area contributed by atoms with Gasteiger partial charge in [0.25, 0.3) is 6.47 Å².